The number of rotatable bonds is 6. The summed E-state index contributed by atoms with van der Waals surface area (Å²) in [6, 6.07) is 5.60. The van der Waals surface area contributed by atoms with E-state index in [0.29, 0.717) is 38.7 Å². The van der Waals surface area contributed by atoms with Crippen LogP contribution in [0.3, 0.4) is 0 Å². The summed E-state index contributed by atoms with van der Waals surface area (Å²) in [4.78, 5) is 0. The molecule has 20 heavy (non-hydrogen) atoms. The van der Waals surface area contributed by atoms with Crippen molar-refractivity contribution in [1.29, 1.82) is 0 Å². The van der Waals surface area contributed by atoms with Crippen LogP contribution in [-0.2, 0) is 10.3 Å². The van der Waals surface area contributed by atoms with Gasteiger partial charge in [0.05, 0.1) is 25.4 Å². The summed E-state index contributed by atoms with van der Waals surface area (Å²) in [5, 5.41) is 13.7. The van der Waals surface area contributed by atoms with E-state index in [9.17, 15) is 5.11 Å². The lowest BCUT2D eigenvalue weighted by Crippen LogP contribution is -2.36. The minimum absolute atomic E-state index is 0.454. The Morgan fingerprint density at radius 3 is 2.80 bits per heavy atom. The SMILES string of the molecule is COCCNCC(C)(O)c1ccc2c(c1)OCCCO2. The summed E-state index contributed by atoms with van der Waals surface area (Å²) in [5.74, 6) is 1.45. The molecule has 0 bridgehead atoms. The molecular formula is C15H23NO4. The Morgan fingerprint density at radius 2 is 2.05 bits per heavy atom. The van der Waals surface area contributed by atoms with Crippen LogP contribution in [0.15, 0.2) is 18.2 Å². The average Bonchev–Trinajstić information content (AvgIpc) is 2.68. The molecule has 1 aliphatic rings. The number of methoxy groups -OCH3 is 1. The van der Waals surface area contributed by atoms with Gasteiger partial charge in [-0.25, -0.2) is 0 Å². The first-order valence-corrected chi connectivity index (χ1v) is 6.95. The first-order valence-electron chi connectivity index (χ1n) is 6.95. The van der Waals surface area contributed by atoms with Crippen LogP contribution >= 0.6 is 0 Å². The molecule has 0 saturated carbocycles. The maximum atomic E-state index is 10.6. The predicted octanol–water partition coefficient (Wildman–Crippen LogP) is 1.29. The molecule has 0 radical (unpaired) electrons. The number of aliphatic hydroxyl groups is 1. The lowest BCUT2D eigenvalue weighted by molar-refractivity contribution is 0.0547. The van der Waals surface area contributed by atoms with Crippen molar-refractivity contribution in [2.75, 3.05) is 40.0 Å². The highest BCUT2D eigenvalue weighted by Crippen LogP contribution is 2.33. The second-order valence-corrected chi connectivity index (χ2v) is 5.16. The zero-order valence-electron chi connectivity index (χ0n) is 12.1. The van der Waals surface area contributed by atoms with Crippen LogP contribution in [0.4, 0.5) is 0 Å². The van der Waals surface area contributed by atoms with Gasteiger partial charge in [-0.2, -0.15) is 0 Å². The van der Waals surface area contributed by atoms with Gasteiger partial charge in [-0.1, -0.05) is 6.07 Å². The molecule has 0 fully saturated rings. The Labute approximate surface area is 119 Å². The number of ether oxygens (including phenoxy) is 3. The monoisotopic (exact) mass is 281 g/mol. The van der Waals surface area contributed by atoms with Gasteiger partial charge in [0.2, 0.25) is 0 Å². The first kappa shape index (κ1) is 15.1. The summed E-state index contributed by atoms with van der Waals surface area (Å²) < 4.78 is 16.2. The molecule has 0 spiro atoms. The number of hydrogen-bond acceptors (Lipinski definition) is 5. The average molecular weight is 281 g/mol. The van der Waals surface area contributed by atoms with Gasteiger partial charge < -0.3 is 24.6 Å². The van der Waals surface area contributed by atoms with Crippen molar-refractivity contribution >= 4 is 0 Å². The van der Waals surface area contributed by atoms with E-state index in [1.165, 1.54) is 0 Å². The van der Waals surface area contributed by atoms with Crippen molar-refractivity contribution in [1.82, 2.24) is 5.32 Å². The van der Waals surface area contributed by atoms with E-state index in [1.807, 2.05) is 18.2 Å². The lowest BCUT2D eigenvalue weighted by atomic mass is 9.95. The van der Waals surface area contributed by atoms with Crippen LogP contribution in [0.5, 0.6) is 11.5 Å². The largest absolute Gasteiger partial charge is 0.490 e. The third-order valence-corrected chi connectivity index (χ3v) is 3.32. The molecule has 1 unspecified atom stereocenters. The van der Waals surface area contributed by atoms with Crippen molar-refractivity contribution < 1.29 is 19.3 Å². The molecule has 2 N–H and O–H groups in total. The summed E-state index contributed by atoms with van der Waals surface area (Å²) in [7, 11) is 1.66. The number of nitrogens with one attached hydrogen (secondary N) is 1. The number of benzene rings is 1. The maximum absolute atomic E-state index is 10.6. The van der Waals surface area contributed by atoms with Gasteiger partial charge in [-0.05, 0) is 24.6 Å². The Kier molecular flexibility index (Phi) is 5.23. The lowest BCUT2D eigenvalue weighted by Gasteiger charge is -2.25. The quantitative estimate of drug-likeness (QED) is 0.770. The molecule has 0 amide bonds. The van der Waals surface area contributed by atoms with Gasteiger partial charge in [0, 0.05) is 26.6 Å². The fraction of sp³-hybridized carbons (Fsp3) is 0.600. The van der Waals surface area contributed by atoms with E-state index in [1.54, 1.807) is 14.0 Å². The summed E-state index contributed by atoms with van der Waals surface area (Å²) in [5.41, 5.74) is -0.148. The topological polar surface area (TPSA) is 60.0 Å². The van der Waals surface area contributed by atoms with E-state index in [-0.39, 0.29) is 0 Å². The third-order valence-electron chi connectivity index (χ3n) is 3.32. The molecule has 1 aliphatic heterocycles. The fourth-order valence-electron chi connectivity index (χ4n) is 2.11. The van der Waals surface area contributed by atoms with Gasteiger partial charge in [0.1, 0.15) is 0 Å². The number of hydrogen-bond donors (Lipinski definition) is 2. The molecule has 1 aromatic rings. The van der Waals surface area contributed by atoms with Crippen LogP contribution in [0, 0.1) is 0 Å². The van der Waals surface area contributed by atoms with Crippen molar-refractivity contribution in [3.05, 3.63) is 23.8 Å². The molecule has 5 heteroatoms. The third kappa shape index (κ3) is 3.85. The molecule has 1 atom stereocenters. The van der Waals surface area contributed by atoms with Crippen LogP contribution < -0.4 is 14.8 Å². The zero-order valence-corrected chi connectivity index (χ0v) is 12.1. The van der Waals surface area contributed by atoms with Gasteiger partial charge in [-0.15, -0.1) is 0 Å². The normalized spacial score (nSPS) is 17.4. The number of fused-ring (bicyclic) bond motifs is 1. The van der Waals surface area contributed by atoms with Gasteiger partial charge in [-0.3, -0.25) is 0 Å². The smallest absolute Gasteiger partial charge is 0.161 e. The summed E-state index contributed by atoms with van der Waals surface area (Å²) >= 11 is 0. The minimum atomic E-state index is -0.960. The van der Waals surface area contributed by atoms with Crippen LogP contribution in [0.1, 0.15) is 18.9 Å². The van der Waals surface area contributed by atoms with Gasteiger partial charge >= 0.3 is 0 Å². The molecule has 0 saturated heterocycles. The highest BCUT2D eigenvalue weighted by atomic mass is 16.5. The Hall–Kier alpha value is -1.30. The van der Waals surface area contributed by atoms with E-state index in [0.717, 1.165) is 17.7 Å². The van der Waals surface area contributed by atoms with Crippen molar-refractivity contribution in [2.45, 2.75) is 18.9 Å². The van der Waals surface area contributed by atoms with Crippen molar-refractivity contribution in [3.63, 3.8) is 0 Å². The van der Waals surface area contributed by atoms with Crippen LogP contribution in [0.25, 0.3) is 0 Å². The molecule has 5 nitrogen and oxygen atoms in total. The molecule has 0 aromatic heterocycles. The first-order chi connectivity index (χ1) is 9.63. The second kappa shape index (κ2) is 6.92. The zero-order chi connectivity index (χ0) is 14.4. The van der Waals surface area contributed by atoms with Gasteiger partial charge in [0.25, 0.3) is 0 Å². The molecular weight excluding hydrogens is 258 g/mol. The fourth-order valence-corrected chi connectivity index (χ4v) is 2.11. The van der Waals surface area contributed by atoms with E-state index < -0.39 is 5.60 Å². The highest BCUT2D eigenvalue weighted by molar-refractivity contribution is 5.45. The van der Waals surface area contributed by atoms with E-state index >= 15 is 0 Å². The Morgan fingerprint density at radius 1 is 1.30 bits per heavy atom. The molecule has 0 aliphatic carbocycles. The summed E-state index contributed by atoms with van der Waals surface area (Å²) in [6.45, 7) is 4.88. The van der Waals surface area contributed by atoms with Crippen LogP contribution in [-0.4, -0.2) is 45.1 Å². The highest BCUT2D eigenvalue weighted by Gasteiger charge is 2.24. The maximum Gasteiger partial charge on any atom is 0.161 e. The Bertz CT molecular complexity index is 434. The van der Waals surface area contributed by atoms with E-state index in [2.05, 4.69) is 5.32 Å². The molecule has 1 heterocycles. The molecule has 112 valence electrons. The molecule has 1 aromatic carbocycles. The molecule has 2 rings (SSSR count). The van der Waals surface area contributed by atoms with E-state index in [4.69, 9.17) is 14.2 Å². The van der Waals surface area contributed by atoms with Crippen molar-refractivity contribution in [2.24, 2.45) is 0 Å². The second-order valence-electron chi connectivity index (χ2n) is 5.16. The predicted molar refractivity (Wildman–Crippen MR) is 76.4 cm³/mol. The van der Waals surface area contributed by atoms with Gasteiger partial charge in [0.15, 0.2) is 11.5 Å². The minimum Gasteiger partial charge on any atom is -0.490 e. The van der Waals surface area contributed by atoms with Crippen molar-refractivity contribution in [3.8, 4) is 11.5 Å². The Balaban J connectivity index is 2.05. The summed E-state index contributed by atoms with van der Waals surface area (Å²) in [6.07, 6.45) is 0.874. The van der Waals surface area contributed by atoms with Crippen LogP contribution in [0.2, 0.25) is 0 Å². The standard InChI is InChI=1S/C15H23NO4/c1-15(17,11-16-6-9-18-2)12-4-5-13-14(10-12)20-8-3-7-19-13/h4-5,10,16-17H,3,6-9,11H2,1-2H3.